The smallest absolute Gasteiger partial charge is 0.358 e. The van der Waals surface area contributed by atoms with Crippen LogP contribution in [-0.4, -0.2) is 34.1 Å². The van der Waals surface area contributed by atoms with Crippen LogP contribution in [-0.2, 0) is 11.2 Å². The zero-order chi connectivity index (χ0) is 13.1. The zero-order valence-corrected chi connectivity index (χ0v) is 10.1. The summed E-state index contributed by atoms with van der Waals surface area (Å²) >= 11 is 0. The molecule has 0 aliphatic rings. The number of aryl methyl sites for hydroxylation is 1. The average molecular weight is 249 g/mol. The van der Waals surface area contributed by atoms with E-state index in [2.05, 4.69) is 4.98 Å². The van der Waals surface area contributed by atoms with Crippen molar-refractivity contribution in [2.75, 3.05) is 13.7 Å². The number of imidazole rings is 1. The number of esters is 1. The molecule has 0 aliphatic carbocycles. The number of nitrogens with zero attached hydrogens (tertiary/aromatic N) is 2. The number of aromatic hydroxyl groups is 1. The first-order valence-corrected chi connectivity index (χ1v) is 5.65. The lowest BCUT2D eigenvalue weighted by molar-refractivity contribution is 0.0597. The van der Waals surface area contributed by atoms with E-state index in [0.29, 0.717) is 24.3 Å². The monoisotopic (exact) mass is 249 g/mol. The molecule has 0 aromatic carbocycles. The molecule has 6 heteroatoms. The second kappa shape index (κ2) is 5.05. The molecule has 3 N–H and O–H groups in total. The summed E-state index contributed by atoms with van der Waals surface area (Å²) in [5, 5.41) is 9.50. The Hall–Kier alpha value is -2.08. The van der Waals surface area contributed by atoms with Crippen LogP contribution in [0.1, 0.15) is 22.7 Å². The number of hydrogen-bond donors (Lipinski definition) is 2. The van der Waals surface area contributed by atoms with Crippen molar-refractivity contribution in [1.82, 2.24) is 9.38 Å². The highest BCUT2D eigenvalue weighted by Crippen LogP contribution is 2.19. The maximum Gasteiger partial charge on any atom is 0.358 e. The molecule has 0 fully saturated rings. The molecule has 2 aromatic heterocycles. The van der Waals surface area contributed by atoms with Gasteiger partial charge in [0.15, 0.2) is 5.69 Å². The van der Waals surface area contributed by atoms with Crippen LogP contribution in [0.2, 0.25) is 0 Å². The number of nitrogens with two attached hydrogens (primary N) is 1. The largest absolute Gasteiger partial charge is 0.506 e. The summed E-state index contributed by atoms with van der Waals surface area (Å²) in [6.45, 7) is 0.543. The highest BCUT2D eigenvalue weighted by Gasteiger charge is 2.17. The van der Waals surface area contributed by atoms with Crippen LogP contribution in [0, 0.1) is 0 Å². The second-order valence-electron chi connectivity index (χ2n) is 3.90. The van der Waals surface area contributed by atoms with Gasteiger partial charge in [-0.1, -0.05) is 0 Å². The average Bonchev–Trinajstić information content (AvgIpc) is 2.73. The van der Waals surface area contributed by atoms with E-state index in [1.807, 2.05) is 0 Å². The van der Waals surface area contributed by atoms with Gasteiger partial charge < -0.3 is 15.6 Å². The molecule has 6 nitrogen and oxygen atoms in total. The highest BCUT2D eigenvalue weighted by atomic mass is 16.5. The van der Waals surface area contributed by atoms with E-state index in [9.17, 15) is 9.90 Å². The fourth-order valence-corrected chi connectivity index (χ4v) is 1.82. The van der Waals surface area contributed by atoms with Crippen LogP contribution < -0.4 is 5.73 Å². The number of pyridine rings is 1. The number of methoxy groups -OCH3 is 1. The normalized spacial score (nSPS) is 10.8. The van der Waals surface area contributed by atoms with Crippen LogP contribution in [0.3, 0.4) is 0 Å². The van der Waals surface area contributed by atoms with E-state index in [4.69, 9.17) is 10.5 Å². The second-order valence-corrected chi connectivity index (χ2v) is 3.90. The Morgan fingerprint density at radius 3 is 3.00 bits per heavy atom. The quantitative estimate of drug-likeness (QED) is 0.779. The molecule has 0 amide bonds. The molecule has 0 atom stereocenters. The molecule has 0 radical (unpaired) electrons. The lowest BCUT2D eigenvalue weighted by Gasteiger charge is -2.00. The van der Waals surface area contributed by atoms with Crippen LogP contribution in [0.15, 0.2) is 18.3 Å². The molecular formula is C12H15N3O3. The molecule has 0 unspecified atom stereocenters. The van der Waals surface area contributed by atoms with Gasteiger partial charge in [0.05, 0.1) is 18.8 Å². The number of hydrogen-bond acceptors (Lipinski definition) is 5. The lowest BCUT2D eigenvalue weighted by Crippen LogP contribution is -2.04. The number of carbonyl (C=O) groups excluding carboxylic acids is 1. The summed E-state index contributed by atoms with van der Waals surface area (Å²) in [6, 6.07) is 3.15. The number of ether oxygens (including phenoxy) is 1. The first-order valence-electron chi connectivity index (χ1n) is 5.65. The molecule has 0 bridgehead atoms. The van der Waals surface area contributed by atoms with Gasteiger partial charge in [0, 0.05) is 6.42 Å². The third-order valence-corrected chi connectivity index (χ3v) is 2.68. The van der Waals surface area contributed by atoms with Gasteiger partial charge in [-0.15, -0.1) is 0 Å². The predicted molar refractivity (Wildman–Crippen MR) is 65.6 cm³/mol. The van der Waals surface area contributed by atoms with E-state index in [1.54, 1.807) is 10.5 Å². The first-order chi connectivity index (χ1) is 8.67. The van der Waals surface area contributed by atoms with E-state index in [1.165, 1.54) is 19.4 Å². The number of carbonyl (C=O) groups is 1. The minimum Gasteiger partial charge on any atom is -0.506 e. The number of rotatable bonds is 4. The van der Waals surface area contributed by atoms with Crippen LogP contribution in [0.4, 0.5) is 0 Å². The fourth-order valence-electron chi connectivity index (χ4n) is 1.82. The standard InChI is InChI=1S/C12H15N3O3/c1-18-12(17)11-9-5-4-8(16)7-15(9)10(14-11)3-2-6-13/h4-5,7,16H,2-3,6,13H2,1H3. The van der Waals surface area contributed by atoms with Gasteiger partial charge in [0.2, 0.25) is 0 Å². The minimum absolute atomic E-state index is 0.116. The van der Waals surface area contributed by atoms with Crippen molar-refractivity contribution in [2.45, 2.75) is 12.8 Å². The molecule has 2 rings (SSSR count). The molecule has 96 valence electrons. The van der Waals surface area contributed by atoms with Crippen molar-refractivity contribution < 1.29 is 14.6 Å². The van der Waals surface area contributed by atoms with E-state index >= 15 is 0 Å². The van der Waals surface area contributed by atoms with Crippen molar-refractivity contribution in [3.05, 3.63) is 29.8 Å². The summed E-state index contributed by atoms with van der Waals surface area (Å²) in [6.07, 6.45) is 2.92. The Morgan fingerprint density at radius 1 is 1.56 bits per heavy atom. The van der Waals surface area contributed by atoms with Gasteiger partial charge in [-0.3, -0.25) is 4.40 Å². The molecule has 0 saturated heterocycles. The molecule has 18 heavy (non-hydrogen) atoms. The van der Waals surface area contributed by atoms with Crippen LogP contribution in [0.25, 0.3) is 5.52 Å². The van der Waals surface area contributed by atoms with Crippen molar-refractivity contribution in [2.24, 2.45) is 5.73 Å². The first kappa shape index (κ1) is 12.4. The van der Waals surface area contributed by atoms with Gasteiger partial charge in [0.25, 0.3) is 0 Å². The minimum atomic E-state index is -0.489. The van der Waals surface area contributed by atoms with Crippen molar-refractivity contribution in [3.63, 3.8) is 0 Å². The summed E-state index contributed by atoms with van der Waals surface area (Å²) < 4.78 is 6.38. The molecule has 0 aliphatic heterocycles. The Morgan fingerprint density at radius 2 is 2.33 bits per heavy atom. The van der Waals surface area contributed by atoms with Crippen molar-refractivity contribution in [1.29, 1.82) is 0 Å². The Balaban J connectivity index is 2.55. The van der Waals surface area contributed by atoms with Crippen molar-refractivity contribution in [3.8, 4) is 5.75 Å². The third kappa shape index (κ3) is 2.14. The van der Waals surface area contributed by atoms with Crippen molar-refractivity contribution >= 4 is 11.5 Å². The molecule has 0 spiro atoms. The summed E-state index contributed by atoms with van der Waals surface area (Å²) in [7, 11) is 1.31. The Kier molecular flexibility index (Phi) is 3.47. The summed E-state index contributed by atoms with van der Waals surface area (Å²) in [5.74, 6) is 0.314. The Labute approximate surface area is 104 Å². The molecule has 2 aromatic rings. The summed E-state index contributed by atoms with van der Waals surface area (Å²) in [4.78, 5) is 15.9. The van der Waals surface area contributed by atoms with Gasteiger partial charge in [-0.25, -0.2) is 9.78 Å². The maximum absolute atomic E-state index is 11.6. The van der Waals surface area contributed by atoms with E-state index in [0.717, 1.165) is 6.42 Å². The zero-order valence-electron chi connectivity index (χ0n) is 10.1. The van der Waals surface area contributed by atoms with Gasteiger partial charge in [0.1, 0.15) is 11.6 Å². The predicted octanol–water partition coefficient (Wildman–Crippen LogP) is 0.718. The molecule has 0 saturated carbocycles. The highest BCUT2D eigenvalue weighted by molar-refractivity contribution is 5.95. The lowest BCUT2D eigenvalue weighted by atomic mass is 10.3. The Bertz CT molecular complexity index is 577. The molecular weight excluding hydrogens is 234 g/mol. The fraction of sp³-hybridized carbons (Fsp3) is 0.333. The number of fused-ring (bicyclic) bond motifs is 1. The van der Waals surface area contributed by atoms with Crippen LogP contribution in [0.5, 0.6) is 5.75 Å². The maximum atomic E-state index is 11.6. The van der Waals surface area contributed by atoms with E-state index < -0.39 is 5.97 Å². The third-order valence-electron chi connectivity index (χ3n) is 2.68. The molecule has 2 heterocycles. The summed E-state index contributed by atoms with van der Waals surface area (Å²) in [5.41, 5.74) is 6.34. The van der Waals surface area contributed by atoms with Gasteiger partial charge >= 0.3 is 5.97 Å². The topological polar surface area (TPSA) is 89.8 Å². The van der Waals surface area contributed by atoms with Crippen LogP contribution >= 0.6 is 0 Å². The van der Waals surface area contributed by atoms with Gasteiger partial charge in [-0.2, -0.15) is 0 Å². The van der Waals surface area contributed by atoms with Gasteiger partial charge in [-0.05, 0) is 25.1 Å². The van der Waals surface area contributed by atoms with E-state index in [-0.39, 0.29) is 11.4 Å². The number of aromatic nitrogens is 2. The SMILES string of the molecule is COC(=O)c1nc(CCCN)n2cc(O)ccc12.